The molecule has 0 aromatic heterocycles. The van der Waals surface area contributed by atoms with E-state index in [4.69, 9.17) is 0 Å². The minimum atomic E-state index is -0.480. The number of benzene rings is 2. The number of nitrogens with one attached hydrogen (secondary N) is 1. The monoisotopic (exact) mass is 412 g/mol. The van der Waals surface area contributed by atoms with Crippen molar-refractivity contribution < 1.29 is 14.0 Å². The van der Waals surface area contributed by atoms with Crippen molar-refractivity contribution in [1.29, 1.82) is 0 Å². The minimum absolute atomic E-state index is 0.0520. The van der Waals surface area contributed by atoms with Crippen LogP contribution in [0.2, 0.25) is 0 Å². The van der Waals surface area contributed by atoms with E-state index in [-0.39, 0.29) is 23.7 Å². The van der Waals surface area contributed by atoms with Gasteiger partial charge in [-0.3, -0.25) is 9.59 Å². The van der Waals surface area contributed by atoms with Crippen LogP contribution in [0.4, 0.5) is 10.1 Å². The van der Waals surface area contributed by atoms with Crippen LogP contribution in [0.15, 0.2) is 53.4 Å². The van der Waals surface area contributed by atoms with Gasteiger partial charge in [0.2, 0.25) is 11.8 Å². The van der Waals surface area contributed by atoms with Crippen LogP contribution in [0.3, 0.4) is 0 Å². The number of rotatable bonds is 5. The summed E-state index contributed by atoms with van der Waals surface area (Å²) in [4.78, 5) is 28.9. The number of nitrogens with zero attached hydrogens (tertiary/aromatic N) is 1. The van der Waals surface area contributed by atoms with Crippen molar-refractivity contribution in [3.05, 3.63) is 59.9 Å². The third kappa shape index (κ3) is 4.32. The lowest BCUT2D eigenvalue weighted by atomic mass is 10.0. The van der Waals surface area contributed by atoms with Crippen LogP contribution >= 0.6 is 11.8 Å². The molecule has 0 bridgehead atoms. The molecule has 1 saturated carbocycles. The van der Waals surface area contributed by atoms with Gasteiger partial charge in [-0.15, -0.1) is 11.8 Å². The van der Waals surface area contributed by atoms with Crippen LogP contribution in [-0.4, -0.2) is 23.1 Å². The summed E-state index contributed by atoms with van der Waals surface area (Å²) >= 11 is 1.46. The maximum atomic E-state index is 13.4. The van der Waals surface area contributed by atoms with Gasteiger partial charge in [0.25, 0.3) is 0 Å². The molecule has 1 aliphatic heterocycles. The number of hydrogen-bond donors (Lipinski definition) is 1. The van der Waals surface area contributed by atoms with E-state index < -0.39 is 11.2 Å². The van der Waals surface area contributed by atoms with Crippen molar-refractivity contribution in [3.8, 4) is 0 Å². The van der Waals surface area contributed by atoms with Crippen molar-refractivity contribution in [1.82, 2.24) is 5.32 Å². The molecule has 6 heteroatoms. The summed E-state index contributed by atoms with van der Waals surface area (Å²) in [6.45, 7) is 2.19. The average molecular weight is 413 g/mol. The fourth-order valence-electron chi connectivity index (χ4n) is 4.03. The molecule has 2 aromatic rings. The van der Waals surface area contributed by atoms with Crippen molar-refractivity contribution in [3.63, 3.8) is 0 Å². The lowest BCUT2D eigenvalue weighted by molar-refractivity contribution is -0.128. The van der Waals surface area contributed by atoms with E-state index >= 15 is 0 Å². The molecular formula is C23H25FN2O2S. The molecule has 1 fully saturated rings. The molecule has 1 heterocycles. The second-order valence-corrected chi connectivity index (χ2v) is 9.02. The standard InChI is InChI=1S/C23H25FN2O2S/c1-15(22(27)25-18-6-2-3-7-18)21-23(28)26(14-16-10-12-17(24)13-11-16)19-8-4-5-9-20(19)29-21/h4-5,8-13,15,18,21H,2-3,6-7,14H2,1H3,(H,25,27)/t15-,21-/m0/s1. The highest BCUT2D eigenvalue weighted by atomic mass is 32.2. The summed E-state index contributed by atoms with van der Waals surface area (Å²) in [6.07, 6.45) is 4.33. The van der Waals surface area contributed by atoms with Crippen LogP contribution < -0.4 is 10.2 Å². The number of amides is 2. The normalized spacial score (nSPS) is 20.4. The lowest BCUT2D eigenvalue weighted by Gasteiger charge is -2.36. The number of thioether (sulfide) groups is 1. The molecule has 2 amide bonds. The minimum Gasteiger partial charge on any atom is -0.353 e. The highest BCUT2D eigenvalue weighted by Crippen LogP contribution is 2.42. The first kappa shape index (κ1) is 20.0. The highest BCUT2D eigenvalue weighted by Gasteiger charge is 2.39. The van der Waals surface area contributed by atoms with E-state index in [2.05, 4.69) is 5.32 Å². The summed E-state index contributed by atoms with van der Waals surface area (Å²) in [5.74, 6) is -0.863. The summed E-state index contributed by atoms with van der Waals surface area (Å²) in [5.41, 5.74) is 1.69. The number of fused-ring (bicyclic) bond motifs is 1. The predicted molar refractivity (Wildman–Crippen MR) is 113 cm³/mol. The van der Waals surface area contributed by atoms with Crippen LogP contribution in [0.5, 0.6) is 0 Å². The third-order valence-corrected chi connectivity index (χ3v) is 7.21. The molecular weight excluding hydrogens is 387 g/mol. The number of para-hydroxylation sites is 1. The van der Waals surface area contributed by atoms with Crippen LogP contribution in [0.1, 0.15) is 38.2 Å². The Morgan fingerprint density at radius 2 is 1.86 bits per heavy atom. The Balaban J connectivity index is 1.57. The summed E-state index contributed by atoms with van der Waals surface area (Å²) in [6, 6.07) is 14.2. The van der Waals surface area contributed by atoms with Gasteiger partial charge in [-0.2, -0.15) is 0 Å². The van der Waals surface area contributed by atoms with Gasteiger partial charge in [0.1, 0.15) is 11.1 Å². The Hall–Kier alpha value is -2.34. The maximum Gasteiger partial charge on any atom is 0.241 e. The van der Waals surface area contributed by atoms with Crippen molar-refractivity contribution in [2.45, 2.75) is 55.3 Å². The van der Waals surface area contributed by atoms with Crippen molar-refractivity contribution in [2.24, 2.45) is 5.92 Å². The Morgan fingerprint density at radius 1 is 1.17 bits per heavy atom. The zero-order valence-electron chi connectivity index (χ0n) is 16.4. The topological polar surface area (TPSA) is 49.4 Å². The van der Waals surface area contributed by atoms with Gasteiger partial charge < -0.3 is 10.2 Å². The molecule has 0 radical (unpaired) electrons. The molecule has 1 N–H and O–H groups in total. The Morgan fingerprint density at radius 3 is 2.59 bits per heavy atom. The van der Waals surface area contributed by atoms with Crippen LogP contribution in [0.25, 0.3) is 0 Å². The fraction of sp³-hybridized carbons (Fsp3) is 0.391. The van der Waals surface area contributed by atoms with E-state index in [9.17, 15) is 14.0 Å². The van der Waals surface area contributed by atoms with Crippen LogP contribution in [0, 0.1) is 11.7 Å². The molecule has 4 rings (SSSR count). The molecule has 4 nitrogen and oxygen atoms in total. The zero-order chi connectivity index (χ0) is 20.4. The van der Waals surface area contributed by atoms with Gasteiger partial charge in [-0.25, -0.2) is 4.39 Å². The average Bonchev–Trinajstić information content (AvgIpc) is 3.24. The number of halogens is 1. The largest absolute Gasteiger partial charge is 0.353 e. The molecule has 2 atom stereocenters. The van der Waals surface area contributed by atoms with Gasteiger partial charge in [0.15, 0.2) is 0 Å². The second-order valence-electron chi connectivity index (χ2n) is 7.84. The molecule has 152 valence electrons. The quantitative estimate of drug-likeness (QED) is 0.785. The van der Waals surface area contributed by atoms with Crippen molar-refractivity contribution >= 4 is 29.3 Å². The van der Waals surface area contributed by atoms with Gasteiger partial charge in [0, 0.05) is 10.9 Å². The molecule has 0 spiro atoms. The predicted octanol–water partition coefficient (Wildman–Crippen LogP) is 4.53. The zero-order valence-corrected chi connectivity index (χ0v) is 17.3. The lowest BCUT2D eigenvalue weighted by Crippen LogP contribution is -2.48. The van der Waals surface area contributed by atoms with Crippen molar-refractivity contribution in [2.75, 3.05) is 4.90 Å². The van der Waals surface area contributed by atoms with Gasteiger partial charge in [0.05, 0.1) is 18.2 Å². The van der Waals surface area contributed by atoms with E-state index in [0.29, 0.717) is 6.54 Å². The second kappa shape index (κ2) is 8.57. The first-order valence-electron chi connectivity index (χ1n) is 10.1. The molecule has 0 unspecified atom stereocenters. The first-order chi connectivity index (χ1) is 14.0. The Labute approximate surface area is 174 Å². The molecule has 29 heavy (non-hydrogen) atoms. The number of anilines is 1. The molecule has 1 aliphatic carbocycles. The third-order valence-electron chi connectivity index (χ3n) is 5.74. The number of carbonyl (C=O) groups is 2. The molecule has 2 aromatic carbocycles. The summed E-state index contributed by atoms with van der Waals surface area (Å²) in [5, 5.41) is 2.65. The highest BCUT2D eigenvalue weighted by molar-refractivity contribution is 8.01. The molecule has 0 saturated heterocycles. The van der Waals surface area contributed by atoms with E-state index in [1.54, 1.807) is 17.0 Å². The van der Waals surface area contributed by atoms with Gasteiger partial charge in [-0.1, -0.05) is 44.0 Å². The fourth-order valence-corrected chi connectivity index (χ4v) is 5.32. The Bertz CT molecular complexity index is 896. The van der Waals surface area contributed by atoms with E-state index in [0.717, 1.165) is 41.8 Å². The maximum absolute atomic E-state index is 13.4. The molecule has 2 aliphatic rings. The summed E-state index contributed by atoms with van der Waals surface area (Å²) < 4.78 is 13.3. The number of carbonyl (C=O) groups excluding carboxylic acids is 2. The van der Waals surface area contributed by atoms with E-state index in [1.807, 2.05) is 31.2 Å². The van der Waals surface area contributed by atoms with E-state index in [1.165, 1.54) is 23.9 Å². The number of hydrogen-bond acceptors (Lipinski definition) is 3. The SMILES string of the molecule is C[C@H](C(=O)NC1CCCC1)[C@@H]1Sc2ccccc2N(Cc2ccc(F)cc2)C1=O. The summed E-state index contributed by atoms with van der Waals surface area (Å²) in [7, 11) is 0. The smallest absolute Gasteiger partial charge is 0.241 e. The van der Waals surface area contributed by atoms with Gasteiger partial charge in [-0.05, 0) is 42.7 Å². The first-order valence-corrected chi connectivity index (χ1v) is 11.0. The van der Waals surface area contributed by atoms with Gasteiger partial charge >= 0.3 is 0 Å². The van der Waals surface area contributed by atoms with Crippen LogP contribution in [-0.2, 0) is 16.1 Å². The Kier molecular flexibility index (Phi) is 5.90.